The van der Waals surface area contributed by atoms with Crippen LogP contribution in [0.5, 0.6) is 11.5 Å². The largest absolute Gasteiger partial charge is 0.485 e. The van der Waals surface area contributed by atoms with Crippen molar-refractivity contribution in [2.45, 2.75) is 40.4 Å². The van der Waals surface area contributed by atoms with E-state index in [0.29, 0.717) is 36.9 Å². The number of guanidine groups is 1. The maximum atomic E-state index is 12.5. The third kappa shape index (κ3) is 7.00. The molecule has 0 spiro atoms. The van der Waals surface area contributed by atoms with Gasteiger partial charge in [0.2, 0.25) is 0 Å². The minimum atomic E-state index is -0.494. The van der Waals surface area contributed by atoms with Gasteiger partial charge in [0.25, 0.3) is 0 Å². The lowest BCUT2D eigenvalue weighted by atomic mass is 10.1. The third-order valence-corrected chi connectivity index (χ3v) is 5.17. The van der Waals surface area contributed by atoms with Gasteiger partial charge in [-0.05, 0) is 43.0 Å². The van der Waals surface area contributed by atoms with Crippen LogP contribution >= 0.6 is 0 Å². The summed E-state index contributed by atoms with van der Waals surface area (Å²) in [5.74, 6) is 1.14. The standard InChI is InChI=1S/C27H32N4O3/c1-4-15-29-26(28)31-27(32)30-24-19(2)16-23(33-17-21-11-7-5-8-12-21)25(20(24)3)34-18-22-13-9-6-10-14-22/h5-14,16H,4,15,17-18H2,1-3H3,(H4,28,29,30,31,32). The fourth-order valence-corrected chi connectivity index (χ4v) is 3.42. The minimum absolute atomic E-state index is 0.0435. The Kier molecular flexibility index (Phi) is 8.91. The lowest BCUT2D eigenvalue weighted by Crippen LogP contribution is -2.42. The van der Waals surface area contributed by atoms with Crippen molar-refractivity contribution in [3.63, 3.8) is 0 Å². The van der Waals surface area contributed by atoms with Crippen LogP contribution in [0.2, 0.25) is 0 Å². The number of aryl methyl sites for hydroxylation is 1. The Bertz CT molecular complexity index is 1100. The molecule has 0 saturated heterocycles. The number of anilines is 1. The Labute approximate surface area is 201 Å². The summed E-state index contributed by atoms with van der Waals surface area (Å²) in [5.41, 5.74) is 4.28. The van der Waals surface area contributed by atoms with Gasteiger partial charge in [-0.1, -0.05) is 67.6 Å². The van der Waals surface area contributed by atoms with Gasteiger partial charge in [-0.15, -0.1) is 0 Å². The Balaban J connectivity index is 1.83. The topological polar surface area (TPSA) is 95.5 Å². The van der Waals surface area contributed by atoms with E-state index >= 15 is 0 Å². The van der Waals surface area contributed by atoms with Crippen LogP contribution in [-0.2, 0) is 13.2 Å². The van der Waals surface area contributed by atoms with Gasteiger partial charge in [0.15, 0.2) is 17.5 Å². The van der Waals surface area contributed by atoms with E-state index in [4.69, 9.17) is 14.9 Å². The summed E-state index contributed by atoms with van der Waals surface area (Å²) >= 11 is 0. The lowest BCUT2D eigenvalue weighted by Gasteiger charge is -2.20. The van der Waals surface area contributed by atoms with E-state index in [9.17, 15) is 4.79 Å². The second-order valence-corrected chi connectivity index (χ2v) is 7.95. The molecule has 0 aliphatic carbocycles. The van der Waals surface area contributed by atoms with Gasteiger partial charge in [0.1, 0.15) is 13.2 Å². The second-order valence-electron chi connectivity index (χ2n) is 7.95. The molecular weight excluding hydrogens is 428 g/mol. The molecule has 7 heteroatoms. The van der Waals surface area contributed by atoms with E-state index in [1.807, 2.05) is 87.5 Å². The quantitative estimate of drug-likeness (QED) is 0.250. The zero-order valence-corrected chi connectivity index (χ0v) is 19.9. The Hall–Kier alpha value is -4.00. The van der Waals surface area contributed by atoms with Crippen molar-refractivity contribution >= 4 is 17.7 Å². The van der Waals surface area contributed by atoms with E-state index in [1.54, 1.807) is 0 Å². The zero-order chi connectivity index (χ0) is 24.3. The molecule has 3 rings (SSSR count). The van der Waals surface area contributed by atoms with Crippen molar-refractivity contribution in [1.29, 1.82) is 5.41 Å². The first kappa shape index (κ1) is 24.6. The van der Waals surface area contributed by atoms with Crippen LogP contribution in [0, 0.1) is 19.3 Å². The molecule has 0 aliphatic heterocycles. The van der Waals surface area contributed by atoms with E-state index in [2.05, 4.69) is 16.0 Å². The van der Waals surface area contributed by atoms with Crippen molar-refractivity contribution in [3.05, 3.63) is 89.0 Å². The molecule has 0 heterocycles. The van der Waals surface area contributed by atoms with Crippen LogP contribution in [-0.4, -0.2) is 18.5 Å². The number of nitrogens with one attached hydrogen (secondary N) is 4. The molecule has 0 atom stereocenters. The first-order valence-corrected chi connectivity index (χ1v) is 11.4. The maximum absolute atomic E-state index is 12.5. The van der Waals surface area contributed by atoms with Gasteiger partial charge in [0.05, 0.1) is 5.69 Å². The monoisotopic (exact) mass is 460 g/mol. The highest BCUT2D eigenvalue weighted by Gasteiger charge is 2.18. The number of hydrogen-bond acceptors (Lipinski definition) is 4. The number of urea groups is 1. The molecule has 0 radical (unpaired) electrons. The fourth-order valence-electron chi connectivity index (χ4n) is 3.42. The first-order chi connectivity index (χ1) is 16.5. The molecule has 7 nitrogen and oxygen atoms in total. The summed E-state index contributed by atoms with van der Waals surface area (Å²) < 4.78 is 12.3. The molecule has 4 N–H and O–H groups in total. The highest BCUT2D eigenvalue weighted by Crippen LogP contribution is 2.39. The molecular formula is C27H32N4O3. The van der Waals surface area contributed by atoms with Crippen LogP contribution in [0.25, 0.3) is 0 Å². The smallest absolute Gasteiger partial charge is 0.326 e. The van der Waals surface area contributed by atoms with Crippen molar-refractivity contribution in [2.24, 2.45) is 0 Å². The summed E-state index contributed by atoms with van der Waals surface area (Å²) in [6, 6.07) is 21.2. The number of ether oxygens (including phenoxy) is 2. The molecule has 0 aliphatic rings. The SMILES string of the molecule is CCCNC(=N)NC(=O)Nc1c(C)cc(OCc2ccccc2)c(OCc2ccccc2)c1C. The molecule has 0 aromatic heterocycles. The molecule has 34 heavy (non-hydrogen) atoms. The normalized spacial score (nSPS) is 10.3. The number of hydrogen-bond donors (Lipinski definition) is 4. The lowest BCUT2D eigenvalue weighted by molar-refractivity contribution is 0.253. The minimum Gasteiger partial charge on any atom is -0.485 e. The van der Waals surface area contributed by atoms with Crippen LogP contribution in [0.15, 0.2) is 66.7 Å². The van der Waals surface area contributed by atoms with Crippen LogP contribution < -0.4 is 25.4 Å². The van der Waals surface area contributed by atoms with E-state index in [0.717, 1.165) is 28.7 Å². The summed E-state index contributed by atoms with van der Waals surface area (Å²) in [6.07, 6.45) is 0.858. The third-order valence-electron chi connectivity index (χ3n) is 5.17. The average molecular weight is 461 g/mol. The number of carbonyl (C=O) groups excluding carboxylic acids is 1. The van der Waals surface area contributed by atoms with Gasteiger partial charge in [0, 0.05) is 12.1 Å². The highest BCUT2D eigenvalue weighted by atomic mass is 16.5. The van der Waals surface area contributed by atoms with Crippen LogP contribution in [0.4, 0.5) is 10.5 Å². The Morgan fingerprint density at radius 1 is 0.912 bits per heavy atom. The molecule has 3 aromatic rings. The predicted molar refractivity (Wildman–Crippen MR) is 136 cm³/mol. The molecule has 0 fully saturated rings. The second kappa shape index (κ2) is 12.3. The summed E-state index contributed by atoms with van der Waals surface area (Å²) in [5, 5.41) is 16.0. The summed E-state index contributed by atoms with van der Waals surface area (Å²) in [6.45, 7) is 7.16. The fraction of sp³-hybridized carbons (Fsp3) is 0.259. The van der Waals surface area contributed by atoms with Gasteiger partial charge < -0.3 is 20.1 Å². The van der Waals surface area contributed by atoms with Crippen molar-refractivity contribution < 1.29 is 14.3 Å². The van der Waals surface area contributed by atoms with Crippen LogP contribution in [0.1, 0.15) is 35.6 Å². The van der Waals surface area contributed by atoms with Crippen molar-refractivity contribution in [2.75, 3.05) is 11.9 Å². The number of carbonyl (C=O) groups is 1. The van der Waals surface area contributed by atoms with Gasteiger partial charge in [-0.3, -0.25) is 10.7 Å². The van der Waals surface area contributed by atoms with Crippen molar-refractivity contribution in [1.82, 2.24) is 10.6 Å². The van der Waals surface area contributed by atoms with Gasteiger partial charge in [-0.25, -0.2) is 4.79 Å². The number of amides is 2. The Morgan fingerprint density at radius 2 is 1.50 bits per heavy atom. The molecule has 0 saturated carbocycles. The molecule has 178 valence electrons. The first-order valence-electron chi connectivity index (χ1n) is 11.4. The van der Waals surface area contributed by atoms with E-state index in [-0.39, 0.29) is 5.96 Å². The summed E-state index contributed by atoms with van der Waals surface area (Å²) in [4.78, 5) is 12.5. The van der Waals surface area contributed by atoms with Gasteiger partial charge >= 0.3 is 6.03 Å². The Morgan fingerprint density at radius 3 is 2.09 bits per heavy atom. The average Bonchev–Trinajstić information content (AvgIpc) is 2.84. The maximum Gasteiger partial charge on any atom is 0.326 e. The van der Waals surface area contributed by atoms with E-state index in [1.165, 1.54) is 0 Å². The molecule has 0 bridgehead atoms. The number of rotatable bonds is 9. The van der Waals surface area contributed by atoms with E-state index < -0.39 is 6.03 Å². The summed E-state index contributed by atoms with van der Waals surface area (Å²) in [7, 11) is 0. The number of benzene rings is 3. The molecule has 3 aromatic carbocycles. The predicted octanol–water partition coefficient (Wildman–Crippen LogP) is 5.52. The van der Waals surface area contributed by atoms with Gasteiger partial charge in [-0.2, -0.15) is 0 Å². The molecule has 0 unspecified atom stereocenters. The molecule has 2 amide bonds. The zero-order valence-electron chi connectivity index (χ0n) is 19.9. The van der Waals surface area contributed by atoms with Crippen molar-refractivity contribution in [3.8, 4) is 11.5 Å². The van der Waals surface area contributed by atoms with Crippen LogP contribution in [0.3, 0.4) is 0 Å². The highest BCUT2D eigenvalue weighted by molar-refractivity contribution is 6.02.